The van der Waals surface area contributed by atoms with Crippen LogP contribution in [0.5, 0.6) is 0 Å². The molecule has 2 aliphatic rings. The Bertz CT molecular complexity index is 385. The van der Waals surface area contributed by atoms with E-state index in [4.69, 9.17) is 0 Å². The summed E-state index contributed by atoms with van der Waals surface area (Å²) in [7, 11) is -1.28. The summed E-state index contributed by atoms with van der Waals surface area (Å²) in [6.45, 7) is 8.42. The molecule has 2 heterocycles. The molecule has 2 rings (SSSR count). The number of nitrogens with zero attached hydrogens (tertiary/aromatic N) is 3. The van der Waals surface area contributed by atoms with Crippen molar-refractivity contribution < 1.29 is 8.42 Å². The van der Waals surface area contributed by atoms with Gasteiger partial charge >= 0.3 is 0 Å². The first-order chi connectivity index (χ1) is 9.57. The van der Waals surface area contributed by atoms with Crippen molar-refractivity contribution in [1.29, 1.82) is 0 Å². The number of piperidine rings is 1. The van der Waals surface area contributed by atoms with Gasteiger partial charge in [0.1, 0.15) is 0 Å². The van der Waals surface area contributed by atoms with Gasteiger partial charge in [0.25, 0.3) is 10.2 Å². The van der Waals surface area contributed by atoms with E-state index in [-0.39, 0.29) is 0 Å². The maximum Gasteiger partial charge on any atom is 0.282 e. The third kappa shape index (κ3) is 3.71. The van der Waals surface area contributed by atoms with E-state index in [0.717, 1.165) is 39.0 Å². The van der Waals surface area contributed by atoms with Crippen LogP contribution in [0.25, 0.3) is 0 Å². The fourth-order valence-electron chi connectivity index (χ4n) is 3.07. The summed E-state index contributed by atoms with van der Waals surface area (Å²) in [5.41, 5.74) is 0. The topological polar surface area (TPSA) is 55.9 Å². The Morgan fingerprint density at radius 3 is 2.05 bits per heavy atom. The van der Waals surface area contributed by atoms with E-state index < -0.39 is 10.2 Å². The predicted molar refractivity (Wildman–Crippen MR) is 80.8 cm³/mol. The van der Waals surface area contributed by atoms with Gasteiger partial charge in [-0.25, -0.2) is 0 Å². The standard InChI is InChI=1S/C13H28N4O2S/c1-3-15-8-10-17(11-9-15)20(18,19)16-6-4-13(5-7-16)12-14-2/h13-14H,3-12H2,1-2H3. The number of likely N-dealkylation sites (N-methyl/N-ethyl adjacent to an activating group) is 1. The lowest BCUT2D eigenvalue weighted by Gasteiger charge is -2.38. The highest BCUT2D eigenvalue weighted by Gasteiger charge is 2.34. The Balaban J connectivity index is 1.88. The van der Waals surface area contributed by atoms with Crippen LogP contribution < -0.4 is 5.32 Å². The molecule has 0 aromatic heterocycles. The molecular weight excluding hydrogens is 276 g/mol. The van der Waals surface area contributed by atoms with Crippen LogP contribution in [-0.2, 0) is 10.2 Å². The Labute approximate surface area is 123 Å². The number of hydrogen-bond donors (Lipinski definition) is 1. The molecule has 0 aromatic carbocycles. The van der Waals surface area contributed by atoms with Crippen LogP contribution in [-0.4, -0.2) is 81.3 Å². The fraction of sp³-hybridized carbons (Fsp3) is 1.00. The zero-order valence-electron chi connectivity index (χ0n) is 12.7. The van der Waals surface area contributed by atoms with Crippen LogP contribution in [0.2, 0.25) is 0 Å². The van der Waals surface area contributed by atoms with Gasteiger partial charge in [-0.3, -0.25) is 0 Å². The van der Waals surface area contributed by atoms with Gasteiger partial charge in [0.15, 0.2) is 0 Å². The highest BCUT2D eigenvalue weighted by Crippen LogP contribution is 2.21. The molecule has 20 heavy (non-hydrogen) atoms. The maximum absolute atomic E-state index is 12.6. The first kappa shape index (κ1) is 16.2. The second kappa shape index (κ2) is 7.17. The van der Waals surface area contributed by atoms with Crippen molar-refractivity contribution >= 4 is 10.2 Å². The molecule has 0 unspecified atom stereocenters. The molecule has 6 nitrogen and oxygen atoms in total. The molecule has 2 aliphatic heterocycles. The third-order valence-electron chi connectivity index (χ3n) is 4.50. The van der Waals surface area contributed by atoms with Crippen LogP contribution >= 0.6 is 0 Å². The Morgan fingerprint density at radius 2 is 1.55 bits per heavy atom. The number of piperazine rings is 1. The Hall–Kier alpha value is -0.210. The molecule has 0 spiro atoms. The van der Waals surface area contributed by atoms with Gasteiger partial charge in [0.2, 0.25) is 0 Å². The molecule has 0 aliphatic carbocycles. The van der Waals surface area contributed by atoms with Crippen molar-refractivity contribution in [2.75, 3.05) is 59.4 Å². The van der Waals surface area contributed by atoms with E-state index in [1.54, 1.807) is 8.61 Å². The van der Waals surface area contributed by atoms with Gasteiger partial charge in [0, 0.05) is 39.3 Å². The Morgan fingerprint density at radius 1 is 1.00 bits per heavy atom. The van der Waals surface area contributed by atoms with Crippen molar-refractivity contribution in [2.45, 2.75) is 19.8 Å². The molecule has 1 N–H and O–H groups in total. The normalized spacial score (nSPS) is 25.1. The van der Waals surface area contributed by atoms with E-state index in [1.807, 2.05) is 7.05 Å². The number of nitrogens with one attached hydrogen (secondary N) is 1. The quantitative estimate of drug-likeness (QED) is 0.764. The molecule has 118 valence electrons. The summed E-state index contributed by atoms with van der Waals surface area (Å²) in [5, 5.41) is 3.18. The fourth-order valence-corrected chi connectivity index (χ4v) is 4.70. The van der Waals surface area contributed by atoms with Gasteiger partial charge < -0.3 is 10.2 Å². The van der Waals surface area contributed by atoms with Crippen molar-refractivity contribution in [1.82, 2.24) is 18.8 Å². The summed E-state index contributed by atoms with van der Waals surface area (Å²) >= 11 is 0. The van der Waals surface area contributed by atoms with Crippen molar-refractivity contribution in [3.8, 4) is 0 Å². The molecule has 2 saturated heterocycles. The smallest absolute Gasteiger partial charge is 0.282 e. The molecule has 2 fully saturated rings. The molecule has 7 heteroatoms. The lowest BCUT2D eigenvalue weighted by atomic mass is 9.98. The van der Waals surface area contributed by atoms with Crippen LogP contribution in [0, 0.1) is 5.92 Å². The summed E-state index contributed by atoms with van der Waals surface area (Å²) in [5.74, 6) is 0.614. The van der Waals surface area contributed by atoms with E-state index in [1.165, 1.54) is 0 Å². The van der Waals surface area contributed by atoms with Crippen molar-refractivity contribution in [2.24, 2.45) is 5.92 Å². The predicted octanol–water partition coefficient (Wildman–Crippen LogP) is -0.200. The minimum Gasteiger partial charge on any atom is -0.319 e. The average Bonchev–Trinajstić information content (AvgIpc) is 2.48. The average molecular weight is 304 g/mol. The lowest BCUT2D eigenvalue weighted by molar-refractivity contribution is 0.181. The molecule has 0 aromatic rings. The number of hydrogen-bond acceptors (Lipinski definition) is 4. The van der Waals surface area contributed by atoms with Gasteiger partial charge in [-0.15, -0.1) is 0 Å². The summed E-state index contributed by atoms with van der Waals surface area (Å²) < 4.78 is 28.6. The van der Waals surface area contributed by atoms with Gasteiger partial charge in [0.05, 0.1) is 0 Å². The minimum atomic E-state index is -3.24. The zero-order chi connectivity index (χ0) is 14.6. The molecule has 0 bridgehead atoms. The molecule has 0 saturated carbocycles. The van der Waals surface area contributed by atoms with Crippen molar-refractivity contribution in [3.63, 3.8) is 0 Å². The Kier molecular flexibility index (Phi) is 5.80. The van der Waals surface area contributed by atoms with Crippen molar-refractivity contribution in [3.05, 3.63) is 0 Å². The first-order valence-electron chi connectivity index (χ1n) is 7.70. The minimum absolute atomic E-state index is 0.614. The number of rotatable bonds is 5. The summed E-state index contributed by atoms with van der Waals surface area (Å²) in [6, 6.07) is 0. The van der Waals surface area contributed by atoms with Crippen LogP contribution in [0.15, 0.2) is 0 Å². The third-order valence-corrected chi connectivity index (χ3v) is 6.53. The van der Waals surface area contributed by atoms with Gasteiger partial charge in [-0.2, -0.15) is 17.0 Å². The first-order valence-corrected chi connectivity index (χ1v) is 9.09. The highest BCUT2D eigenvalue weighted by atomic mass is 32.2. The molecule has 0 amide bonds. The highest BCUT2D eigenvalue weighted by molar-refractivity contribution is 7.86. The van der Waals surface area contributed by atoms with Crippen LogP contribution in [0.3, 0.4) is 0 Å². The van der Waals surface area contributed by atoms with E-state index in [2.05, 4.69) is 17.1 Å². The van der Waals surface area contributed by atoms with Crippen LogP contribution in [0.4, 0.5) is 0 Å². The van der Waals surface area contributed by atoms with E-state index >= 15 is 0 Å². The SMILES string of the molecule is CCN1CCN(S(=O)(=O)N2CCC(CNC)CC2)CC1. The summed E-state index contributed by atoms with van der Waals surface area (Å²) in [6.07, 6.45) is 1.93. The second-order valence-corrected chi connectivity index (χ2v) is 7.67. The van der Waals surface area contributed by atoms with E-state index in [0.29, 0.717) is 32.1 Å². The zero-order valence-corrected chi connectivity index (χ0v) is 13.5. The lowest BCUT2D eigenvalue weighted by Crippen LogP contribution is -2.54. The van der Waals surface area contributed by atoms with Crippen LogP contribution in [0.1, 0.15) is 19.8 Å². The monoisotopic (exact) mass is 304 g/mol. The summed E-state index contributed by atoms with van der Waals surface area (Å²) in [4.78, 5) is 2.30. The maximum atomic E-state index is 12.6. The molecular formula is C13H28N4O2S. The second-order valence-electron chi connectivity index (χ2n) is 5.74. The largest absolute Gasteiger partial charge is 0.319 e. The van der Waals surface area contributed by atoms with Gasteiger partial charge in [-0.05, 0) is 38.9 Å². The molecule has 0 atom stereocenters. The van der Waals surface area contributed by atoms with Gasteiger partial charge in [-0.1, -0.05) is 6.92 Å². The van der Waals surface area contributed by atoms with E-state index in [9.17, 15) is 8.42 Å². The molecule has 0 radical (unpaired) electrons.